The van der Waals surface area contributed by atoms with E-state index in [1.54, 1.807) is 17.8 Å². The average molecular weight is 212 g/mol. The van der Waals surface area contributed by atoms with Crippen LogP contribution in [0, 0.1) is 5.92 Å². The van der Waals surface area contributed by atoms with Gasteiger partial charge in [0.15, 0.2) is 0 Å². The Kier molecular flexibility index (Phi) is 4.14. The number of phenolic OH excluding ortho intramolecular Hbond substituents is 2. The van der Waals surface area contributed by atoms with Crippen molar-refractivity contribution in [1.82, 2.24) is 0 Å². The van der Waals surface area contributed by atoms with Crippen LogP contribution in [0.3, 0.4) is 0 Å². The SMILES string of the molecule is CC[C@H](C)CSc1cc(O)ccc1O. The van der Waals surface area contributed by atoms with Gasteiger partial charge in [0, 0.05) is 5.75 Å². The van der Waals surface area contributed by atoms with Crippen LogP contribution < -0.4 is 0 Å². The second-order valence-corrected chi connectivity index (χ2v) is 4.54. The number of benzene rings is 1. The van der Waals surface area contributed by atoms with E-state index in [4.69, 9.17) is 0 Å². The molecule has 0 radical (unpaired) electrons. The zero-order valence-corrected chi connectivity index (χ0v) is 9.34. The normalized spacial score (nSPS) is 12.7. The van der Waals surface area contributed by atoms with Gasteiger partial charge in [-0.25, -0.2) is 0 Å². The summed E-state index contributed by atoms with van der Waals surface area (Å²) in [7, 11) is 0. The lowest BCUT2D eigenvalue weighted by atomic mass is 10.2. The van der Waals surface area contributed by atoms with Crippen LogP contribution in [0.2, 0.25) is 0 Å². The van der Waals surface area contributed by atoms with E-state index < -0.39 is 0 Å². The van der Waals surface area contributed by atoms with E-state index in [1.165, 1.54) is 12.1 Å². The lowest BCUT2D eigenvalue weighted by molar-refractivity contribution is 0.448. The molecule has 1 aromatic rings. The third-order valence-corrected chi connectivity index (χ3v) is 3.54. The highest BCUT2D eigenvalue weighted by molar-refractivity contribution is 7.99. The lowest BCUT2D eigenvalue weighted by Crippen LogP contribution is -1.94. The molecular weight excluding hydrogens is 196 g/mol. The molecule has 1 atom stereocenters. The third kappa shape index (κ3) is 3.14. The zero-order chi connectivity index (χ0) is 10.6. The van der Waals surface area contributed by atoms with E-state index >= 15 is 0 Å². The molecule has 0 bridgehead atoms. The second kappa shape index (κ2) is 5.15. The predicted octanol–water partition coefficient (Wildman–Crippen LogP) is 3.24. The summed E-state index contributed by atoms with van der Waals surface area (Å²) < 4.78 is 0. The number of hydrogen-bond acceptors (Lipinski definition) is 3. The summed E-state index contributed by atoms with van der Waals surface area (Å²) in [5, 5.41) is 18.7. The van der Waals surface area contributed by atoms with Crippen LogP contribution in [0.1, 0.15) is 20.3 Å². The fourth-order valence-corrected chi connectivity index (χ4v) is 2.09. The van der Waals surface area contributed by atoms with Gasteiger partial charge in [-0.2, -0.15) is 0 Å². The van der Waals surface area contributed by atoms with Crippen LogP contribution in [0.25, 0.3) is 0 Å². The molecule has 2 N–H and O–H groups in total. The van der Waals surface area contributed by atoms with Gasteiger partial charge < -0.3 is 10.2 Å². The molecule has 0 saturated carbocycles. The van der Waals surface area contributed by atoms with Crippen LogP contribution in [-0.4, -0.2) is 16.0 Å². The van der Waals surface area contributed by atoms with Crippen LogP contribution >= 0.6 is 11.8 Å². The van der Waals surface area contributed by atoms with Gasteiger partial charge >= 0.3 is 0 Å². The first-order valence-corrected chi connectivity index (χ1v) is 5.76. The molecule has 0 aliphatic rings. The second-order valence-electron chi connectivity index (χ2n) is 3.48. The maximum absolute atomic E-state index is 9.49. The minimum atomic E-state index is 0.203. The minimum Gasteiger partial charge on any atom is -0.508 e. The first-order valence-electron chi connectivity index (χ1n) is 4.78. The molecule has 0 saturated heterocycles. The maximum Gasteiger partial charge on any atom is 0.129 e. The summed E-state index contributed by atoms with van der Waals surface area (Å²) in [6, 6.07) is 4.61. The first-order chi connectivity index (χ1) is 6.63. The van der Waals surface area contributed by atoms with Crippen molar-refractivity contribution in [2.24, 2.45) is 5.92 Å². The van der Waals surface area contributed by atoms with Crippen molar-refractivity contribution in [2.75, 3.05) is 5.75 Å². The Bertz CT molecular complexity index is 299. The molecule has 2 nitrogen and oxygen atoms in total. The van der Waals surface area contributed by atoms with Gasteiger partial charge in [0.2, 0.25) is 0 Å². The molecule has 0 aliphatic heterocycles. The molecule has 14 heavy (non-hydrogen) atoms. The number of thioether (sulfide) groups is 1. The van der Waals surface area contributed by atoms with E-state index in [0.717, 1.165) is 17.1 Å². The Morgan fingerprint density at radius 2 is 2.07 bits per heavy atom. The Balaban J connectivity index is 2.62. The van der Waals surface area contributed by atoms with Crippen molar-refractivity contribution >= 4 is 11.8 Å². The highest BCUT2D eigenvalue weighted by Crippen LogP contribution is 2.32. The van der Waals surface area contributed by atoms with Crippen LogP contribution in [0.5, 0.6) is 11.5 Å². The molecule has 78 valence electrons. The summed E-state index contributed by atoms with van der Waals surface area (Å²) in [5.41, 5.74) is 0. The summed E-state index contributed by atoms with van der Waals surface area (Å²) in [5.74, 6) is 2.04. The summed E-state index contributed by atoms with van der Waals surface area (Å²) in [4.78, 5) is 0.755. The molecule has 1 aromatic carbocycles. The summed E-state index contributed by atoms with van der Waals surface area (Å²) in [6.45, 7) is 4.32. The van der Waals surface area contributed by atoms with Crippen molar-refractivity contribution in [3.8, 4) is 11.5 Å². The number of rotatable bonds is 4. The number of phenols is 2. The van der Waals surface area contributed by atoms with E-state index in [0.29, 0.717) is 5.92 Å². The van der Waals surface area contributed by atoms with E-state index in [-0.39, 0.29) is 11.5 Å². The van der Waals surface area contributed by atoms with Crippen LogP contribution in [0.4, 0.5) is 0 Å². The van der Waals surface area contributed by atoms with Crippen molar-refractivity contribution < 1.29 is 10.2 Å². The molecule has 0 aromatic heterocycles. The molecule has 0 fully saturated rings. The molecule has 0 spiro atoms. The summed E-state index contributed by atoms with van der Waals surface area (Å²) in [6.07, 6.45) is 1.13. The maximum atomic E-state index is 9.49. The fraction of sp³-hybridized carbons (Fsp3) is 0.455. The van der Waals surface area contributed by atoms with Gasteiger partial charge in [0.25, 0.3) is 0 Å². The molecule has 0 aliphatic carbocycles. The highest BCUT2D eigenvalue weighted by Gasteiger charge is 2.05. The van der Waals surface area contributed by atoms with E-state index in [9.17, 15) is 10.2 Å². The molecule has 0 amide bonds. The number of hydrogen-bond donors (Lipinski definition) is 2. The van der Waals surface area contributed by atoms with Gasteiger partial charge in [-0.15, -0.1) is 11.8 Å². The summed E-state index contributed by atoms with van der Waals surface area (Å²) >= 11 is 1.58. The predicted molar refractivity (Wildman–Crippen MR) is 60.0 cm³/mol. The lowest BCUT2D eigenvalue weighted by Gasteiger charge is -2.09. The van der Waals surface area contributed by atoms with Gasteiger partial charge in [-0.3, -0.25) is 0 Å². The van der Waals surface area contributed by atoms with Crippen molar-refractivity contribution in [1.29, 1.82) is 0 Å². The smallest absolute Gasteiger partial charge is 0.129 e. The standard InChI is InChI=1S/C11H16O2S/c1-3-8(2)7-14-11-6-9(12)4-5-10(11)13/h4-6,8,12-13H,3,7H2,1-2H3/t8-/m0/s1. The highest BCUT2D eigenvalue weighted by atomic mass is 32.2. The van der Waals surface area contributed by atoms with Gasteiger partial charge in [0.1, 0.15) is 11.5 Å². The van der Waals surface area contributed by atoms with E-state index in [2.05, 4.69) is 13.8 Å². The molecule has 1 rings (SSSR count). The zero-order valence-electron chi connectivity index (χ0n) is 8.53. The Morgan fingerprint density at radius 1 is 1.36 bits per heavy atom. The topological polar surface area (TPSA) is 40.5 Å². The molecule has 3 heteroatoms. The largest absolute Gasteiger partial charge is 0.508 e. The van der Waals surface area contributed by atoms with Gasteiger partial charge in [-0.1, -0.05) is 20.3 Å². The number of aromatic hydroxyl groups is 2. The van der Waals surface area contributed by atoms with Crippen LogP contribution in [0.15, 0.2) is 23.1 Å². The Hall–Kier alpha value is -0.830. The Labute approximate surface area is 89.0 Å². The third-order valence-electron chi connectivity index (χ3n) is 2.16. The van der Waals surface area contributed by atoms with E-state index in [1.807, 2.05) is 0 Å². The Morgan fingerprint density at radius 3 is 2.71 bits per heavy atom. The van der Waals surface area contributed by atoms with Crippen LogP contribution in [-0.2, 0) is 0 Å². The minimum absolute atomic E-state index is 0.203. The monoisotopic (exact) mass is 212 g/mol. The van der Waals surface area contributed by atoms with Crippen molar-refractivity contribution in [3.05, 3.63) is 18.2 Å². The molecule has 0 unspecified atom stereocenters. The quantitative estimate of drug-likeness (QED) is 0.594. The molecular formula is C11H16O2S. The van der Waals surface area contributed by atoms with Crippen molar-refractivity contribution in [3.63, 3.8) is 0 Å². The molecule has 0 heterocycles. The first kappa shape index (κ1) is 11.2. The van der Waals surface area contributed by atoms with Gasteiger partial charge in [0.05, 0.1) is 4.90 Å². The fourth-order valence-electron chi connectivity index (χ4n) is 0.968. The van der Waals surface area contributed by atoms with Crippen molar-refractivity contribution in [2.45, 2.75) is 25.2 Å². The van der Waals surface area contributed by atoms with Gasteiger partial charge in [-0.05, 0) is 24.1 Å². The average Bonchev–Trinajstić information content (AvgIpc) is 2.19.